The first-order valence-corrected chi connectivity index (χ1v) is 7.18. The number of pyridine rings is 2. The minimum absolute atomic E-state index is 0.130. The van der Waals surface area contributed by atoms with E-state index in [-0.39, 0.29) is 23.7 Å². The Morgan fingerprint density at radius 3 is 2.84 bits per heavy atom. The van der Waals surface area contributed by atoms with Crippen molar-refractivity contribution in [2.75, 3.05) is 5.32 Å². The van der Waals surface area contributed by atoms with Crippen LogP contribution in [0.3, 0.4) is 0 Å². The number of aromatic amines is 1. The smallest absolute Gasteiger partial charge is 0.417 e. The Labute approximate surface area is 137 Å². The summed E-state index contributed by atoms with van der Waals surface area (Å²) in [4.78, 5) is 14.2. The Morgan fingerprint density at radius 2 is 2.08 bits per heavy atom. The van der Waals surface area contributed by atoms with Crippen LogP contribution in [0.4, 0.5) is 19.1 Å². The van der Waals surface area contributed by atoms with E-state index in [1.165, 1.54) is 16.7 Å². The van der Waals surface area contributed by atoms with Crippen LogP contribution in [0.25, 0.3) is 16.6 Å². The number of rotatable bonds is 3. The lowest BCUT2D eigenvalue weighted by atomic mass is 10.3. The van der Waals surface area contributed by atoms with Gasteiger partial charge in [-0.2, -0.15) is 13.2 Å². The van der Waals surface area contributed by atoms with Crippen molar-refractivity contribution in [2.45, 2.75) is 12.7 Å². The molecule has 4 aromatic heterocycles. The average Bonchev–Trinajstić information content (AvgIpc) is 3.16. The largest absolute Gasteiger partial charge is 0.459 e. The van der Waals surface area contributed by atoms with Crippen LogP contribution in [0.15, 0.2) is 45.9 Å². The number of furan rings is 1. The van der Waals surface area contributed by atoms with E-state index < -0.39 is 11.7 Å². The van der Waals surface area contributed by atoms with E-state index in [9.17, 15) is 18.0 Å². The minimum Gasteiger partial charge on any atom is -0.459 e. The van der Waals surface area contributed by atoms with Gasteiger partial charge in [-0.05, 0) is 24.3 Å². The Bertz CT molecular complexity index is 1130. The molecule has 0 radical (unpaired) electrons. The first kappa shape index (κ1) is 15.2. The average molecular weight is 349 g/mol. The number of nitrogens with zero attached hydrogens (tertiary/aromatic N) is 3. The summed E-state index contributed by atoms with van der Waals surface area (Å²) >= 11 is 0. The second-order valence-electron chi connectivity index (χ2n) is 5.32. The van der Waals surface area contributed by atoms with Crippen LogP contribution in [0.2, 0.25) is 0 Å². The highest BCUT2D eigenvalue weighted by Gasteiger charge is 2.31. The molecule has 4 rings (SSSR count). The zero-order chi connectivity index (χ0) is 17.6. The number of hydrogen-bond donors (Lipinski definition) is 2. The number of hydrogen-bond acceptors (Lipinski definition) is 5. The molecule has 4 heterocycles. The molecule has 0 aliphatic carbocycles. The third kappa shape index (κ3) is 2.71. The highest BCUT2D eigenvalue weighted by atomic mass is 19.4. The Kier molecular flexibility index (Phi) is 3.27. The van der Waals surface area contributed by atoms with E-state index in [1.807, 2.05) is 0 Å². The molecule has 0 atom stereocenters. The summed E-state index contributed by atoms with van der Waals surface area (Å²) in [7, 11) is 0. The van der Waals surface area contributed by atoms with E-state index in [2.05, 4.69) is 20.5 Å². The molecular weight excluding hydrogens is 339 g/mol. The molecule has 2 N–H and O–H groups in total. The number of anilines is 1. The van der Waals surface area contributed by atoms with Crippen molar-refractivity contribution in [1.82, 2.24) is 19.6 Å². The fraction of sp³-hybridized carbons (Fsp3) is 0.133. The van der Waals surface area contributed by atoms with Gasteiger partial charge in [-0.15, -0.1) is 10.2 Å². The van der Waals surface area contributed by atoms with E-state index in [1.54, 1.807) is 12.1 Å². The first-order valence-electron chi connectivity index (χ1n) is 7.18. The molecule has 128 valence electrons. The number of H-pyrrole nitrogens is 1. The molecule has 10 heteroatoms. The zero-order valence-corrected chi connectivity index (χ0v) is 12.5. The number of fused-ring (bicyclic) bond motifs is 2. The van der Waals surface area contributed by atoms with E-state index in [0.717, 1.165) is 12.3 Å². The lowest BCUT2D eigenvalue weighted by molar-refractivity contribution is -0.137. The molecule has 0 aromatic carbocycles. The molecule has 7 nitrogen and oxygen atoms in total. The Hall–Kier alpha value is -3.30. The van der Waals surface area contributed by atoms with Gasteiger partial charge in [0.2, 0.25) is 5.95 Å². The fourth-order valence-corrected chi connectivity index (χ4v) is 2.46. The van der Waals surface area contributed by atoms with Crippen molar-refractivity contribution in [2.24, 2.45) is 0 Å². The summed E-state index contributed by atoms with van der Waals surface area (Å²) in [6.45, 7) is 0.130. The van der Waals surface area contributed by atoms with E-state index in [0.29, 0.717) is 16.7 Å². The van der Waals surface area contributed by atoms with Crippen molar-refractivity contribution >= 4 is 22.6 Å². The molecule has 0 fully saturated rings. The highest BCUT2D eigenvalue weighted by Crippen LogP contribution is 2.29. The predicted octanol–water partition coefficient (Wildman–Crippen LogP) is 2.79. The van der Waals surface area contributed by atoms with Gasteiger partial charge >= 0.3 is 6.18 Å². The van der Waals surface area contributed by atoms with Crippen molar-refractivity contribution in [3.8, 4) is 0 Å². The van der Waals surface area contributed by atoms with Gasteiger partial charge in [-0.25, -0.2) is 0 Å². The number of nitrogens with one attached hydrogen (secondary N) is 2. The summed E-state index contributed by atoms with van der Waals surface area (Å²) in [5, 5.41) is 10.9. The summed E-state index contributed by atoms with van der Waals surface area (Å²) < 4.78 is 45.2. The van der Waals surface area contributed by atoms with Crippen LogP contribution in [0, 0.1) is 0 Å². The number of aromatic nitrogens is 4. The highest BCUT2D eigenvalue weighted by molar-refractivity contribution is 5.76. The second-order valence-corrected chi connectivity index (χ2v) is 5.32. The zero-order valence-electron chi connectivity index (χ0n) is 12.5. The van der Waals surface area contributed by atoms with Gasteiger partial charge in [0, 0.05) is 12.4 Å². The topological polar surface area (TPSA) is 88.2 Å². The summed E-state index contributed by atoms with van der Waals surface area (Å²) in [5.41, 5.74) is -0.393. The van der Waals surface area contributed by atoms with E-state index in [4.69, 9.17) is 4.42 Å². The van der Waals surface area contributed by atoms with Gasteiger partial charge in [0.05, 0.1) is 17.5 Å². The van der Waals surface area contributed by atoms with Crippen molar-refractivity contribution in [3.63, 3.8) is 0 Å². The third-order valence-corrected chi connectivity index (χ3v) is 3.66. The second kappa shape index (κ2) is 5.36. The molecule has 0 saturated heterocycles. The van der Waals surface area contributed by atoms with Crippen molar-refractivity contribution in [3.05, 3.63) is 58.3 Å². The van der Waals surface area contributed by atoms with Gasteiger partial charge < -0.3 is 14.7 Å². The van der Waals surface area contributed by atoms with Crippen LogP contribution in [-0.4, -0.2) is 19.6 Å². The number of halogens is 3. The molecule has 0 spiro atoms. The molecular formula is C15H10F3N5O2. The summed E-state index contributed by atoms with van der Waals surface area (Å²) in [5.74, 6) is 0.575. The Morgan fingerprint density at radius 1 is 1.24 bits per heavy atom. The van der Waals surface area contributed by atoms with Crippen molar-refractivity contribution < 1.29 is 17.6 Å². The summed E-state index contributed by atoms with van der Waals surface area (Å²) in [6.07, 6.45) is -2.08. The molecule has 0 unspecified atom stereocenters. The maximum Gasteiger partial charge on any atom is 0.417 e. The molecule has 0 saturated carbocycles. The van der Waals surface area contributed by atoms with E-state index >= 15 is 0 Å². The normalized spacial score (nSPS) is 12.1. The van der Waals surface area contributed by atoms with Gasteiger partial charge in [0.1, 0.15) is 11.3 Å². The molecule has 0 aliphatic heterocycles. The lowest BCUT2D eigenvalue weighted by Gasteiger charge is -2.07. The maximum absolute atomic E-state index is 12.8. The van der Waals surface area contributed by atoms with Gasteiger partial charge in [-0.3, -0.25) is 9.20 Å². The standard InChI is InChI=1S/C15H10F3N5O2/c16-15(17,18)8-1-2-12-21-22-14(23(12)7-8)20-6-9-5-10-11(25-9)3-4-19-13(10)24/h1-5,7H,6H2,(H,19,24)(H,20,22). The van der Waals surface area contributed by atoms with Gasteiger partial charge in [-0.1, -0.05) is 0 Å². The minimum atomic E-state index is -4.46. The predicted molar refractivity (Wildman–Crippen MR) is 82.2 cm³/mol. The monoisotopic (exact) mass is 349 g/mol. The first-order chi connectivity index (χ1) is 11.9. The maximum atomic E-state index is 12.8. The van der Waals surface area contributed by atoms with Gasteiger partial charge in [0.25, 0.3) is 5.56 Å². The summed E-state index contributed by atoms with van der Waals surface area (Å²) in [6, 6.07) is 5.36. The Balaban J connectivity index is 1.63. The fourth-order valence-electron chi connectivity index (χ4n) is 2.46. The SMILES string of the molecule is O=c1[nH]ccc2oc(CNc3nnc4ccc(C(F)(F)F)cn34)cc12. The van der Waals surface area contributed by atoms with Crippen molar-refractivity contribution in [1.29, 1.82) is 0 Å². The van der Waals surface area contributed by atoms with Crippen LogP contribution in [-0.2, 0) is 12.7 Å². The molecule has 4 aromatic rings. The van der Waals surface area contributed by atoms with Crippen LogP contribution < -0.4 is 10.9 Å². The molecule has 0 amide bonds. The van der Waals surface area contributed by atoms with Gasteiger partial charge in [0.15, 0.2) is 5.65 Å². The quantitative estimate of drug-likeness (QED) is 0.594. The molecule has 25 heavy (non-hydrogen) atoms. The molecule has 0 aliphatic rings. The van der Waals surface area contributed by atoms with Crippen LogP contribution in [0.1, 0.15) is 11.3 Å². The van der Waals surface area contributed by atoms with Crippen LogP contribution in [0.5, 0.6) is 0 Å². The number of alkyl halides is 3. The third-order valence-electron chi connectivity index (χ3n) is 3.66. The lowest BCUT2D eigenvalue weighted by Crippen LogP contribution is -2.08. The molecule has 0 bridgehead atoms. The van der Waals surface area contributed by atoms with Crippen LogP contribution >= 0.6 is 0 Å².